The van der Waals surface area contributed by atoms with E-state index in [1.54, 1.807) is 0 Å². The summed E-state index contributed by atoms with van der Waals surface area (Å²) in [7, 11) is 0. The van der Waals surface area contributed by atoms with Crippen molar-refractivity contribution in [3.05, 3.63) is 194 Å². The van der Waals surface area contributed by atoms with Crippen LogP contribution in [0.3, 0.4) is 0 Å². The van der Waals surface area contributed by atoms with Gasteiger partial charge in [0.15, 0.2) is 17.5 Å². The van der Waals surface area contributed by atoms with Crippen LogP contribution < -0.4 is 4.90 Å². The fourth-order valence-electron chi connectivity index (χ4n) is 7.40. The quantitative estimate of drug-likeness (QED) is 0.166. The average Bonchev–Trinajstić information content (AvgIpc) is 3.63. The van der Waals surface area contributed by atoms with Crippen LogP contribution in [0.25, 0.3) is 78.0 Å². The summed E-state index contributed by atoms with van der Waals surface area (Å²) in [5, 5.41) is 4.23. The molecule has 10 aromatic rings. The van der Waals surface area contributed by atoms with Crippen LogP contribution in [-0.2, 0) is 0 Å². The van der Waals surface area contributed by atoms with Crippen molar-refractivity contribution >= 4 is 49.8 Å². The molecule has 0 N–H and O–H groups in total. The van der Waals surface area contributed by atoms with E-state index in [4.69, 9.17) is 19.4 Å². The summed E-state index contributed by atoms with van der Waals surface area (Å²) in [6.45, 7) is 0. The zero-order valence-electron chi connectivity index (χ0n) is 29.2. The van der Waals surface area contributed by atoms with Crippen molar-refractivity contribution in [3.63, 3.8) is 0 Å². The second kappa shape index (κ2) is 13.3. The van der Waals surface area contributed by atoms with Gasteiger partial charge in [0.25, 0.3) is 0 Å². The molecule has 54 heavy (non-hydrogen) atoms. The van der Waals surface area contributed by atoms with E-state index in [1.807, 2.05) is 84.9 Å². The van der Waals surface area contributed by atoms with Crippen molar-refractivity contribution < 1.29 is 4.42 Å². The van der Waals surface area contributed by atoms with Crippen LogP contribution in [0, 0.1) is 0 Å². The van der Waals surface area contributed by atoms with Gasteiger partial charge < -0.3 is 9.32 Å². The van der Waals surface area contributed by atoms with Crippen molar-refractivity contribution in [1.82, 2.24) is 15.0 Å². The molecule has 0 amide bonds. The summed E-state index contributed by atoms with van der Waals surface area (Å²) in [4.78, 5) is 17.4. The third kappa shape index (κ3) is 5.56. The maximum absolute atomic E-state index is 6.87. The Morgan fingerprint density at radius 1 is 0.389 bits per heavy atom. The van der Waals surface area contributed by atoms with Gasteiger partial charge in [0.2, 0.25) is 0 Å². The number of para-hydroxylation sites is 2. The molecule has 0 unspecified atom stereocenters. The van der Waals surface area contributed by atoms with Gasteiger partial charge in [0.1, 0.15) is 11.2 Å². The van der Waals surface area contributed by atoms with Crippen LogP contribution in [0.4, 0.5) is 17.1 Å². The normalized spacial score (nSPS) is 11.3. The summed E-state index contributed by atoms with van der Waals surface area (Å²) in [6.07, 6.45) is 0. The Kier molecular flexibility index (Phi) is 7.73. The standard InChI is InChI=1S/C49H32N4O/c1-5-16-34(17-6-1)47-50-48(35-18-7-2-8-19-35)52-49(51-47)41-26-15-27-43-45(41)42-32-36-20-13-14-25-40(36)44(46(42)54-43)33-28-30-39(31-29-33)53(37-21-9-3-10-22-37)38-23-11-4-12-24-38/h1-32H. The van der Waals surface area contributed by atoms with Crippen LogP contribution in [0.1, 0.15) is 0 Å². The Labute approximate surface area is 312 Å². The Balaban J connectivity index is 1.17. The predicted molar refractivity (Wildman–Crippen MR) is 221 cm³/mol. The minimum absolute atomic E-state index is 0.594. The van der Waals surface area contributed by atoms with E-state index < -0.39 is 0 Å². The Morgan fingerprint density at radius 2 is 0.907 bits per heavy atom. The first-order chi connectivity index (χ1) is 26.8. The lowest BCUT2D eigenvalue weighted by Crippen LogP contribution is -2.09. The van der Waals surface area contributed by atoms with Gasteiger partial charge in [-0.15, -0.1) is 0 Å². The van der Waals surface area contributed by atoms with Gasteiger partial charge in [-0.05, 0) is 64.9 Å². The fourth-order valence-corrected chi connectivity index (χ4v) is 7.40. The molecular weight excluding hydrogens is 661 g/mol. The highest BCUT2D eigenvalue weighted by Gasteiger charge is 2.22. The van der Waals surface area contributed by atoms with Crippen molar-refractivity contribution in [2.45, 2.75) is 0 Å². The molecule has 10 rings (SSSR count). The van der Waals surface area contributed by atoms with Gasteiger partial charge in [0, 0.05) is 50.1 Å². The highest BCUT2D eigenvalue weighted by molar-refractivity contribution is 6.21. The number of hydrogen-bond acceptors (Lipinski definition) is 5. The molecular formula is C49H32N4O. The van der Waals surface area contributed by atoms with Crippen LogP contribution in [0.5, 0.6) is 0 Å². The van der Waals surface area contributed by atoms with E-state index in [0.717, 1.165) is 77.6 Å². The molecule has 254 valence electrons. The molecule has 5 heteroatoms. The first-order valence-electron chi connectivity index (χ1n) is 18.0. The number of benzene rings is 8. The molecule has 0 aliphatic rings. The molecule has 8 aromatic carbocycles. The van der Waals surface area contributed by atoms with Gasteiger partial charge >= 0.3 is 0 Å². The molecule has 0 spiro atoms. The number of furan rings is 1. The first-order valence-corrected chi connectivity index (χ1v) is 18.0. The van der Waals surface area contributed by atoms with Crippen LogP contribution >= 0.6 is 0 Å². The minimum Gasteiger partial charge on any atom is -0.455 e. The van der Waals surface area contributed by atoms with Crippen molar-refractivity contribution in [3.8, 4) is 45.3 Å². The molecule has 2 heterocycles. The van der Waals surface area contributed by atoms with Gasteiger partial charge in [-0.1, -0.05) is 146 Å². The number of hydrogen-bond donors (Lipinski definition) is 0. The van der Waals surface area contributed by atoms with E-state index in [1.165, 1.54) is 0 Å². The summed E-state index contributed by atoms with van der Waals surface area (Å²) >= 11 is 0. The van der Waals surface area contributed by atoms with Crippen LogP contribution in [-0.4, -0.2) is 15.0 Å². The Morgan fingerprint density at radius 3 is 1.52 bits per heavy atom. The predicted octanol–water partition coefficient (Wildman–Crippen LogP) is 13.1. The van der Waals surface area contributed by atoms with Gasteiger partial charge in [-0.25, -0.2) is 15.0 Å². The van der Waals surface area contributed by atoms with E-state index in [0.29, 0.717) is 17.5 Å². The molecule has 0 saturated carbocycles. The molecule has 5 nitrogen and oxygen atoms in total. The second-order valence-electron chi connectivity index (χ2n) is 13.2. The van der Waals surface area contributed by atoms with Crippen molar-refractivity contribution in [2.75, 3.05) is 4.90 Å². The maximum Gasteiger partial charge on any atom is 0.164 e. The smallest absolute Gasteiger partial charge is 0.164 e. The summed E-state index contributed by atoms with van der Waals surface area (Å²) in [5.74, 6) is 1.84. The lowest BCUT2D eigenvalue weighted by molar-refractivity contribution is 0.670. The van der Waals surface area contributed by atoms with E-state index in [2.05, 4.69) is 114 Å². The van der Waals surface area contributed by atoms with Gasteiger partial charge in [-0.3, -0.25) is 0 Å². The summed E-state index contributed by atoms with van der Waals surface area (Å²) in [5.41, 5.74) is 9.73. The molecule has 0 radical (unpaired) electrons. The lowest BCUT2D eigenvalue weighted by Gasteiger charge is -2.25. The third-order valence-corrected chi connectivity index (χ3v) is 9.89. The number of fused-ring (bicyclic) bond motifs is 4. The molecule has 0 aliphatic carbocycles. The molecule has 0 bridgehead atoms. The highest BCUT2D eigenvalue weighted by atomic mass is 16.3. The average molecular weight is 693 g/mol. The molecule has 2 aromatic heterocycles. The summed E-state index contributed by atoms with van der Waals surface area (Å²) in [6, 6.07) is 66.8. The molecule has 0 aliphatic heterocycles. The topological polar surface area (TPSA) is 55.1 Å². The monoisotopic (exact) mass is 692 g/mol. The highest BCUT2D eigenvalue weighted by Crippen LogP contribution is 2.45. The van der Waals surface area contributed by atoms with Gasteiger partial charge in [-0.2, -0.15) is 0 Å². The fraction of sp³-hybridized carbons (Fsp3) is 0. The second-order valence-corrected chi connectivity index (χ2v) is 13.2. The van der Waals surface area contributed by atoms with E-state index in [-0.39, 0.29) is 0 Å². The van der Waals surface area contributed by atoms with Gasteiger partial charge in [0.05, 0.1) is 0 Å². The lowest BCUT2D eigenvalue weighted by atomic mass is 9.94. The zero-order chi connectivity index (χ0) is 35.8. The number of rotatable bonds is 7. The largest absolute Gasteiger partial charge is 0.455 e. The van der Waals surface area contributed by atoms with Crippen molar-refractivity contribution in [1.29, 1.82) is 0 Å². The zero-order valence-corrected chi connectivity index (χ0v) is 29.2. The Hall–Kier alpha value is -7.37. The molecule has 0 saturated heterocycles. The van der Waals surface area contributed by atoms with Crippen LogP contribution in [0.2, 0.25) is 0 Å². The van der Waals surface area contributed by atoms with E-state index in [9.17, 15) is 0 Å². The minimum atomic E-state index is 0.594. The van der Waals surface area contributed by atoms with Crippen molar-refractivity contribution in [2.24, 2.45) is 0 Å². The molecule has 0 atom stereocenters. The number of aromatic nitrogens is 3. The number of nitrogens with zero attached hydrogens (tertiary/aromatic N) is 4. The third-order valence-electron chi connectivity index (χ3n) is 9.89. The van der Waals surface area contributed by atoms with E-state index >= 15 is 0 Å². The first kappa shape index (κ1) is 31.4. The summed E-state index contributed by atoms with van der Waals surface area (Å²) < 4.78 is 6.87. The maximum atomic E-state index is 6.87. The SMILES string of the molecule is c1ccc(-c2nc(-c3ccccc3)nc(-c3cccc4oc5c(-c6ccc(N(c7ccccc7)c7ccccc7)cc6)c6ccccc6cc5c34)n2)cc1. The Bertz CT molecular complexity index is 2810. The van der Waals surface area contributed by atoms with Crippen LogP contribution in [0.15, 0.2) is 199 Å². The number of anilines is 3. The molecule has 0 fully saturated rings.